The topological polar surface area (TPSA) is 128 Å². The predicted molar refractivity (Wildman–Crippen MR) is 72.8 cm³/mol. The van der Waals surface area contributed by atoms with Crippen molar-refractivity contribution in [1.29, 1.82) is 0 Å². The van der Waals surface area contributed by atoms with E-state index in [-0.39, 0.29) is 6.61 Å². The summed E-state index contributed by atoms with van der Waals surface area (Å²) in [6.45, 7) is -0.514. The first-order chi connectivity index (χ1) is 10.4. The van der Waals surface area contributed by atoms with Gasteiger partial charge in [0.05, 0.1) is 6.54 Å². The summed E-state index contributed by atoms with van der Waals surface area (Å²) in [5.74, 6) is -1.49. The van der Waals surface area contributed by atoms with Crippen LogP contribution in [-0.4, -0.2) is 68.3 Å². The molecule has 2 rings (SSSR count). The van der Waals surface area contributed by atoms with Gasteiger partial charge >= 0.3 is 12.1 Å². The highest BCUT2D eigenvalue weighted by Gasteiger charge is 2.47. The van der Waals surface area contributed by atoms with Gasteiger partial charge in [0.15, 0.2) is 6.04 Å². The van der Waals surface area contributed by atoms with E-state index in [1.54, 1.807) is 30.3 Å². The Morgan fingerprint density at radius 3 is 2.36 bits per heavy atom. The molecule has 4 N–H and O–H groups in total. The molecule has 1 heterocycles. The molecule has 22 heavy (non-hydrogen) atoms. The fraction of sp³-hybridized carbons (Fsp3) is 0.429. The van der Waals surface area contributed by atoms with Gasteiger partial charge in [-0.15, -0.1) is 0 Å². The molecule has 1 aromatic rings. The molecule has 0 aromatic heterocycles. The van der Waals surface area contributed by atoms with E-state index in [9.17, 15) is 24.9 Å². The summed E-state index contributed by atoms with van der Waals surface area (Å²) in [7, 11) is 0. The minimum Gasteiger partial charge on any atom is -0.480 e. The molecule has 0 radical (unpaired) electrons. The molecule has 1 aromatic carbocycles. The van der Waals surface area contributed by atoms with E-state index >= 15 is 0 Å². The van der Waals surface area contributed by atoms with Crippen molar-refractivity contribution in [1.82, 2.24) is 4.90 Å². The zero-order chi connectivity index (χ0) is 16.3. The molecular weight excluding hydrogens is 294 g/mol. The normalized spacial score (nSPS) is 28.2. The molecule has 4 atom stereocenters. The summed E-state index contributed by atoms with van der Waals surface area (Å²) in [5.41, 5.74) is 0.709. The Balaban J connectivity index is 2.07. The van der Waals surface area contributed by atoms with E-state index in [0.29, 0.717) is 10.5 Å². The number of likely N-dealkylation sites (tertiary alicyclic amines) is 1. The molecule has 8 heteroatoms. The van der Waals surface area contributed by atoms with Crippen LogP contribution in [0.3, 0.4) is 0 Å². The maximum absolute atomic E-state index is 12.0. The number of carboxylic acid groups (broad SMARTS) is 1. The van der Waals surface area contributed by atoms with Gasteiger partial charge in [-0.1, -0.05) is 30.3 Å². The third-order valence-electron chi connectivity index (χ3n) is 3.48. The SMILES string of the molecule is O=C(O)[C@@H]1[C@H](O)[C@@H](O)[C@H](O)CN1C(=O)OCc1ccccc1. The Labute approximate surface area is 126 Å². The number of carbonyl (C=O) groups is 2. The molecule has 0 bridgehead atoms. The maximum Gasteiger partial charge on any atom is 0.411 e. The maximum atomic E-state index is 12.0. The first-order valence-electron chi connectivity index (χ1n) is 6.66. The lowest BCUT2D eigenvalue weighted by atomic mass is 9.94. The Kier molecular flexibility index (Phi) is 4.96. The van der Waals surface area contributed by atoms with E-state index in [2.05, 4.69) is 0 Å². The first kappa shape index (κ1) is 16.2. The van der Waals surface area contributed by atoms with E-state index in [1.807, 2.05) is 0 Å². The first-order valence-corrected chi connectivity index (χ1v) is 6.66. The van der Waals surface area contributed by atoms with Crippen molar-refractivity contribution in [2.75, 3.05) is 6.54 Å². The van der Waals surface area contributed by atoms with E-state index in [0.717, 1.165) is 0 Å². The number of carbonyl (C=O) groups excluding carboxylic acids is 1. The summed E-state index contributed by atoms with van der Waals surface area (Å²) >= 11 is 0. The molecule has 0 unspecified atom stereocenters. The largest absolute Gasteiger partial charge is 0.480 e. The fourth-order valence-corrected chi connectivity index (χ4v) is 2.29. The second-order valence-electron chi connectivity index (χ2n) is 5.02. The van der Waals surface area contributed by atoms with Gasteiger partial charge in [0.2, 0.25) is 0 Å². The Hall–Kier alpha value is -2.16. The summed E-state index contributed by atoms with van der Waals surface area (Å²) in [5, 5.41) is 38.0. The number of aliphatic hydroxyl groups excluding tert-OH is 3. The number of β-amino-alcohol motifs (C(OH)–C–C–N with tert-alkyl or cyclic N) is 1. The molecule has 1 saturated heterocycles. The van der Waals surface area contributed by atoms with Crippen molar-refractivity contribution < 1.29 is 34.8 Å². The van der Waals surface area contributed by atoms with Crippen LogP contribution >= 0.6 is 0 Å². The number of aliphatic hydroxyl groups is 3. The molecule has 1 fully saturated rings. The molecule has 0 spiro atoms. The minimum atomic E-state index is -1.80. The van der Waals surface area contributed by atoms with Crippen molar-refractivity contribution in [2.45, 2.75) is 31.0 Å². The second kappa shape index (κ2) is 6.73. The Morgan fingerprint density at radius 2 is 1.77 bits per heavy atom. The van der Waals surface area contributed by atoms with E-state index in [1.165, 1.54) is 0 Å². The van der Waals surface area contributed by atoms with Crippen LogP contribution in [0.2, 0.25) is 0 Å². The van der Waals surface area contributed by atoms with Crippen molar-refractivity contribution in [3.05, 3.63) is 35.9 Å². The average Bonchev–Trinajstić information content (AvgIpc) is 2.50. The molecule has 0 saturated carbocycles. The van der Waals surface area contributed by atoms with Crippen LogP contribution in [-0.2, 0) is 16.1 Å². The molecule has 120 valence electrons. The van der Waals surface area contributed by atoms with Crippen molar-refractivity contribution >= 4 is 12.1 Å². The van der Waals surface area contributed by atoms with Crippen LogP contribution in [0.5, 0.6) is 0 Å². The van der Waals surface area contributed by atoms with Gasteiger partial charge in [-0.05, 0) is 5.56 Å². The fourth-order valence-electron chi connectivity index (χ4n) is 2.29. The van der Waals surface area contributed by atoms with Crippen LogP contribution in [0.15, 0.2) is 30.3 Å². The predicted octanol–water partition coefficient (Wildman–Crippen LogP) is -0.825. The Bertz CT molecular complexity index is 535. The Morgan fingerprint density at radius 1 is 1.14 bits per heavy atom. The number of ether oxygens (including phenoxy) is 1. The highest BCUT2D eigenvalue weighted by Crippen LogP contribution is 2.20. The molecular formula is C14H17NO7. The average molecular weight is 311 g/mol. The van der Waals surface area contributed by atoms with Gasteiger partial charge in [0, 0.05) is 0 Å². The van der Waals surface area contributed by atoms with E-state index in [4.69, 9.17) is 9.84 Å². The van der Waals surface area contributed by atoms with Gasteiger partial charge in [-0.2, -0.15) is 0 Å². The van der Waals surface area contributed by atoms with Crippen molar-refractivity contribution in [3.8, 4) is 0 Å². The third kappa shape index (κ3) is 3.35. The van der Waals surface area contributed by atoms with Crippen LogP contribution in [0.25, 0.3) is 0 Å². The summed E-state index contributed by atoms with van der Waals surface area (Å²) in [4.78, 5) is 23.9. The molecule has 0 aliphatic carbocycles. The summed E-state index contributed by atoms with van der Waals surface area (Å²) < 4.78 is 5.00. The third-order valence-corrected chi connectivity index (χ3v) is 3.48. The highest BCUT2D eigenvalue weighted by molar-refractivity contribution is 5.81. The van der Waals surface area contributed by atoms with Gasteiger partial charge in [0.25, 0.3) is 0 Å². The lowest BCUT2D eigenvalue weighted by Crippen LogP contribution is -2.65. The lowest BCUT2D eigenvalue weighted by Gasteiger charge is -2.40. The zero-order valence-electron chi connectivity index (χ0n) is 11.6. The van der Waals surface area contributed by atoms with E-state index < -0.39 is 43.0 Å². The molecule has 8 nitrogen and oxygen atoms in total. The van der Waals surface area contributed by atoms with Crippen molar-refractivity contribution in [3.63, 3.8) is 0 Å². The van der Waals surface area contributed by atoms with Crippen LogP contribution < -0.4 is 0 Å². The van der Waals surface area contributed by atoms with Gasteiger partial charge in [0.1, 0.15) is 24.9 Å². The number of nitrogens with zero attached hydrogens (tertiary/aromatic N) is 1. The smallest absolute Gasteiger partial charge is 0.411 e. The number of aliphatic carboxylic acids is 1. The minimum absolute atomic E-state index is 0.0722. The number of carboxylic acids is 1. The number of amides is 1. The van der Waals surface area contributed by atoms with Crippen LogP contribution in [0, 0.1) is 0 Å². The molecule has 1 aliphatic rings. The van der Waals surface area contributed by atoms with Crippen LogP contribution in [0.1, 0.15) is 5.56 Å². The standard InChI is InChI=1S/C14H17NO7/c16-9-6-15(10(13(19)20)12(18)11(9)17)14(21)22-7-8-4-2-1-3-5-8/h1-5,9-12,16-18H,6-7H2,(H,19,20)/t9-,10+,11+,12+/m1/s1. The quantitative estimate of drug-likeness (QED) is 0.574. The lowest BCUT2D eigenvalue weighted by molar-refractivity contribution is -0.167. The zero-order valence-corrected chi connectivity index (χ0v) is 11.6. The number of benzene rings is 1. The number of hydrogen-bond donors (Lipinski definition) is 4. The number of rotatable bonds is 3. The highest BCUT2D eigenvalue weighted by atomic mass is 16.6. The number of piperidine rings is 1. The molecule has 1 amide bonds. The summed E-state index contributed by atoms with van der Waals surface area (Å²) in [6.07, 6.45) is -5.87. The second-order valence-corrected chi connectivity index (χ2v) is 5.02. The summed E-state index contributed by atoms with van der Waals surface area (Å²) in [6, 6.07) is 7.09. The number of hydrogen-bond acceptors (Lipinski definition) is 6. The van der Waals surface area contributed by atoms with Crippen molar-refractivity contribution in [2.24, 2.45) is 0 Å². The van der Waals surface area contributed by atoms with Gasteiger partial charge < -0.3 is 25.2 Å². The monoisotopic (exact) mass is 311 g/mol. The van der Waals surface area contributed by atoms with Crippen LogP contribution in [0.4, 0.5) is 4.79 Å². The van der Waals surface area contributed by atoms with Gasteiger partial charge in [-0.25, -0.2) is 9.59 Å². The molecule has 1 aliphatic heterocycles. The van der Waals surface area contributed by atoms with Gasteiger partial charge in [-0.3, -0.25) is 4.90 Å².